The lowest BCUT2D eigenvalue weighted by Crippen LogP contribution is -2.30. The second-order valence-corrected chi connectivity index (χ2v) is 8.26. The summed E-state index contributed by atoms with van der Waals surface area (Å²) in [6.07, 6.45) is 10.4. The van der Waals surface area contributed by atoms with Gasteiger partial charge in [0.1, 0.15) is 5.84 Å². The fourth-order valence-corrected chi connectivity index (χ4v) is 2.82. The molecule has 1 fully saturated rings. The highest BCUT2D eigenvalue weighted by Crippen LogP contribution is 2.33. The van der Waals surface area contributed by atoms with E-state index in [1.165, 1.54) is 12.8 Å². The number of nitrogens with one attached hydrogen (secondary N) is 2. The first-order chi connectivity index (χ1) is 13.8. The first-order valence-electron chi connectivity index (χ1n) is 11.0. The first-order valence-corrected chi connectivity index (χ1v) is 11.0. The highest BCUT2D eigenvalue weighted by molar-refractivity contribution is 5.84. The van der Waals surface area contributed by atoms with E-state index in [-0.39, 0.29) is 11.9 Å². The summed E-state index contributed by atoms with van der Waals surface area (Å²) in [4.78, 5) is 16.8. The summed E-state index contributed by atoms with van der Waals surface area (Å²) in [6.45, 7) is 5.81. The molecule has 7 heteroatoms. The Labute approximate surface area is 174 Å². The highest BCUT2D eigenvalue weighted by Gasteiger charge is 2.21. The molecule has 0 radical (unpaired) electrons. The summed E-state index contributed by atoms with van der Waals surface area (Å²) in [5.41, 5.74) is 0. The van der Waals surface area contributed by atoms with E-state index in [4.69, 9.17) is 4.99 Å². The number of hydrogen-bond acceptors (Lipinski definition) is 3. The second-order valence-electron chi connectivity index (χ2n) is 8.26. The number of amides is 1. The summed E-state index contributed by atoms with van der Waals surface area (Å²) >= 11 is 0. The van der Waals surface area contributed by atoms with Gasteiger partial charge in [0.2, 0.25) is 5.91 Å². The van der Waals surface area contributed by atoms with E-state index in [9.17, 15) is 13.6 Å². The van der Waals surface area contributed by atoms with Crippen molar-refractivity contribution in [1.82, 2.24) is 10.6 Å². The molecule has 3 atom stereocenters. The molecule has 1 amide bonds. The lowest BCUT2D eigenvalue weighted by atomic mass is 10.1. The van der Waals surface area contributed by atoms with Crippen LogP contribution in [0.4, 0.5) is 8.78 Å². The molecule has 0 aromatic rings. The molecule has 1 saturated carbocycles. The van der Waals surface area contributed by atoms with Gasteiger partial charge in [-0.25, -0.2) is 0 Å². The van der Waals surface area contributed by atoms with E-state index in [0.29, 0.717) is 31.7 Å². The minimum absolute atomic E-state index is 0.0339. The van der Waals surface area contributed by atoms with Crippen LogP contribution in [0.15, 0.2) is 17.3 Å². The van der Waals surface area contributed by atoms with E-state index in [2.05, 4.69) is 29.2 Å². The molecule has 1 rings (SSSR count). The van der Waals surface area contributed by atoms with Crippen LogP contribution in [-0.4, -0.2) is 37.0 Å². The van der Waals surface area contributed by atoms with Gasteiger partial charge in [-0.15, -0.1) is 0 Å². The number of ether oxygens (including phenoxy) is 1. The van der Waals surface area contributed by atoms with Gasteiger partial charge in [-0.3, -0.25) is 9.79 Å². The second kappa shape index (κ2) is 14.5. The minimum atomic E-state index is -2.72. The number of allylic oxidation sites excluding steroid dienone is 1. The molecule has 0 heterocycles. The molecule has 1 aliphatic carbocycles. The Morgan fingerprint density at radius 2 is 2.00 bits per heavy atom. The van der Waals surface area contributed by atoms with Crippen molar-refractivity contribution >= 4 is 11.7 Å². The van der Waals surface area contributed by atoms with Crippen LogP contribution in [0.2, 0.25) is 0 Å². The predicted octanol–water partition coefficient (Wildman–Crippen LogP) is 5.03. The largest absolute Gasteiger partial charge is 0.356 e. The van der Waals surface area contributed by atoms with Crippen LogP contribution in [0.25, 0.3) is 0 Å². The van der Waals surface area contributed by atoms with Gasteiger partial charge in [-0.05, 0) is 51.1 Å². The van der Waals surface area contributed by atoms with Gasteiger partial charge >= 0.3 is 6.61 Å². The maximum atomic E-state index is 12.1. The standard InChI is InChI=1S/C22H39F2N3O2/c1-5-16(2)15-26-21(28)14-17(3)27-20(12-11-19-9-10-19)25-13-7-6-8-18(4)29-22(23)24/h7,13,16-19,22H,5-6,8-12,14-15H2,1-4H3,(H,25,27)(H,26,28)/b13-7+. The van der Waals surface area contributed by atoms with Crippen LogP contribution in [0, 0.1) is 11.8 Å². The number of amidine groups is 1. The van der Waals surface area contributed by atoms with Crippen molar-refractivity contribution in [2.45, 2.75) is 97.8 Å². The Morgan fingerprint density at radius 1 is 1.28 bits per heavy atom. The number of rotatable bonds is 15. The number of carbonyl (C=O) groups is 1. The van der Waals surface area contributed by atoms with Crippen LogP contribution >= 0.6 is 0 Å². The Balaban J connectivity index is 2.43. The van der Waals surface area contributed by atoms with Gasteiger partial charge in [0.25, 0.3) is 0 Å². The number of carbonyl (C=O) groups excluding carboxylic acids is 1. The maximum Gasteiger partial charge on any atom is 0.345 e. The maximum absolute atomic E-state index is 12.1. The summed E-state index contributed by atoms with van der Waals surface area (Å²) < 4.78 is 28.7. The van der Waals surface area contributed by atoms with Crippen LogP contribution in [-0.2, 0) is 9.53 Å². The Bertz CT molecular complexity index is 522. The number of hydrogen-bond donors (Lipinski definition) is 2. The van der Waals surface area contributed by atoms with Crippen LogP contribution in [0.3, 0.4) is 0 Å². The molecule has 0 aromatic heterocycles. The summed E-state index contributed by atoms with van der Waals surface area (Å²) in [5, 5.41) is 6.20. The summed E-state index contributed by atoms with van der Waals surface area (Å²) in [6, 6.07) is -0.0958. The Morgan fingerprint density at radius 3 is 2.62 bits per heavy atom. The van der Waals surface area contributed by atoms with E-state index < -0.39 is 12.7 Å². The van der Waals surface area contributed by atoms with Crippen LogP contribution in [0.1, 0.15) is 79.1 Å². The molecule has 1 aliphatic rings. The average Bonchev–Trinajstić information content (AvgIpc) is 3.47. The van der Waals surface area contributed by atoms with E-state index in [1.807, 2.05) is 19.2 Å². The van der Waals surface area contributed by atoms with Crippen LogP contribution in [0.5, 0.6) is 0 Å². The predicted molar refractivity (Wildman–Crippen MR) is 114 cm³/mol. The van der Waals surface area contributed by atoms with Crippen molar-refractivity contribution in [3.8, 4) is 0 Å². The molecular formula is C22H39F2N3O2. The molecular weight excluding hydrogens is 376 g/mol. The van der Waals surface area contributed by atoms with Crippen molar-refractivity contribution in [2.24, 2.45) is 16.8 Å². The lowest BCUT2D eigenvalue weighted by molar-refractivity contribution is -0.158. The molecule has 0 aromatic carbocycles. The van der Waals surface area contributed by atoms with Gasteiger partial charge in [0.05, 0.1) is 12.1 Å². The number of nitrogens with zero attached hydrogens (tertiary/aromatic N) is 1. The van der Waals surface area contributed by atoms with Crippen LogP contribution < -0.4 is 10.6 Å². The van der Waals surface area contributed by atoms with Crippen molar-refractivity contribution in [3.05, 3.63) is 12.3 Å². The molecule has 0 bridgehead atoms. The molecule has 0 aliphatic heterocycles. The van der Waals surface area contributed by atoms with Crippen molar-refractivity contribution < 1.29 is 18.3 Å². The van der Waals surface area contributed by atoms with Crippen molar-refractivity contribution in [3.63, 3.8) is 0 Å². The molecule has 3 unspecified atom stereocenters. The SMILES string of the molecule is CCC(C)CNC(=O)CC(C)N=C(CCC1CC1)N/C=C/CCC(C)OC(F)F. The summed E-state index contributed by atoms with van der Waals surface area (Å²) in [5.74, 6) is 2.19. The monoisotopic (exact) mass is 415 g/mol. The Hall–Kier alpha value is -1.50. The average molecular weight is 416 g/mol. The van der Waals surface area contributed by atoms with Gasteiger partial charge in [-0.1, -0.05) is 39.2 Å². The van der Waals surface area contributed by atoms with Gasteiger partial charge in [0.15, 0.2) is 0 Å². The van der Waals surface area contributed by atoms with Gasteiger partial charge in [0, 0.05) is 19.4 Å². The quantitative estimate of drug-likeness (QED) is 0.291. The fourth-order valence-electron chi connectivity index (χ4n) is 2.82. The van der Waals surface area contributed by atoms with E-state index in [1.54, 1.807) is 6.92 Å². The molecule has 2 N–H and O–H groups in total. The lowest BCUT2D eigenvalue weighted by Gasteiger charge is -2.13. The van der Waals surface area contributed by atoms with E-state index >= 15 is 0 Å². The Kier molecular flexibility index (Phi) is 12.7. The third-order valence-corrected chi connectivity index (χ3v) is 5.13. The smallest absolute Gasteiger partial charge is 0.345 e. The normalized spacial score (nSPS) is 18.1. The van der Waals surface area contributed by atoms with Gasteiger partial charge in [-0.2, -0.15) is 8.78 Å². The molecule has 0 spiro atoms. The third kappa shape index (κ3) is 14.2. The molecule has 168 valence electrons. The van der Waals surface area contributed by atoms with Crippen molar-refractivity contribution in [2.75, 3.05) is 6.54 Å². The molecule has 5 nitrogen and oxygen atoms in total. The zero-order valence-electron chi connectivity index (χ0n) is 18.4. The fraction of sp³-hybridized carbons (Fsp3) is 0.818. The van der Waals surface area contributed by atoms with Crippen molar-refractivity contribution in [1.29, 1.82) is 0 Å². The number of aliphatic imine (C=N–C) groups is 1. The molecule has 0 saturated heterocycles. The number of alkyl halides is 2. The highest BCUT2D eigenvalue weighted by atomic mass is 19.3. The first kappa shape index (κ1) is 25.5. The third-order valence-electron chi connectivity index (χ3n) is 5.13. The zero-order valence-corrected chi connectivity index (χ0v) is 18.4. The minimum Gasteiger partial charge on any atom is -0.356 e. The number of halogens is 2. The van der Waals surface area contributed by atoms with Gasteiger partial charge < -0.3 is 15.4 Å². The van der Waals surface area contributed by atoms with E-state index in [0.717, 1.165) is 31.0 Å². The topological polar surface area (TPSA) is 62.7 Å². The summed E-state index contributed by atoms with van der Waals surface area (Å²) in [7, 11) is 0. The zero-order chi connectivity index (χ0) is 21.6. The molecule has 29 heavy (non-hydrogen) atoms.